The Balaban J connectivity index is 1.39. The molecule has 27 heavy (non-hydrogen) atoms. The summed E-state index contributed by atoms with van der Waals surface area (Å²) in [6, 6.07) is 16.8. The standard InChI is InChI=1S/C19H19N3O3S2/c23-18(20-10-13-5-2-1-3-6-13)14-7-4-8-15(9-14)21-19-22-16-11-27(24,25)12-17(16)26-19/h1-9,16-17H,10-12H2,(H,20,23)(H,21,22). The third kappa shape index (κ3) is 4.33. The fraction of sp³-hybridized carbons (Fsp3) is 0.263. The molecule has 0 spiro atoms. The second-order valence-electron chi connectivity index (χ2n) is 6.61. The molecular formula is C19H19N3O3S2. The number of benzene rings is 2. The van der Waals surface area contributed by atoms with E-state index in [1.54, 1.807) is 12.1 Å². The van der Waals surface area contributed by atoms with E-state index in [1.165, 1.54) is 11.8 Å². The lowest BCUT2D eigenvalue weighted by Crippen LogP contribution is -2.22. The number of carbonyl (C=O) groups excluding carboxylic acids is 1. The molecule has 2 N–H and O–H groups in total. The highest BCUT2D eigenvalue weighted by atomic mass is 32.2. The third-order valence-corrected chi connectivity index (χ3v) is 7.63. The van der Waals surface area contributed by atoms with Crippen molar-refractivity contribution >= 4 is 38.4 Å². The van der Waals surface area contributed by atoms with Gasteiger partial charge in [-0.25, -0.2) is 8.42 Å². The van der Waals surface area contributed by atoms with Crippen LogP contribution in [-0.2, 0) is 16.4 Å². The third-order valence-electron chi connectivity index (χ3n) is 4.49. The molecule has 8 heteroatoms. The number of carbonyl (C=O) groups is 1. The summed E-state index contributed by atoms with van der Waals surface area (Å²) >= 11 is 1.46. The summed E-state index contributed by atoms with van der Waals surface area (Å²) in [6.07, 6.45) is 0. The van der Waals surface area contributed by atoms with Crippen molar-refractivity contribution in [3.63, 3.8) is 0 Å². The zero-order chi connectivity index (χ0) is 18.9. The van der Waals surface area contributed by atoms with Crippen LogP contribution in [0.4, 0.5) is 5.69 Å². The largest absolute Gasteiger partial charge is 0.348 e. The molecule has 6 nitrogen and oxygen atoms in total. The Kier molecular flexibility index (Phi) is 4.92. The predicted molar refractivity (Wildman–Crippen MR) is 109 cm³/mol. The van der Waals surface area contributed by atoms with Gasteiger partial charge < -0.3 is 10.6 Å². The lowest BCUT2D eigenvalue weighted by molar-refractivity contribution is 0.0951. The molecule has 4 rings (SSSR count). The molecule has 0 aromatic heterocycles. The molecule has 2 aromatic carbocycles. The van der Waals surface area contributed by atoms with Gasteiger partial charge in [-0.05, 0) is 23.8 Å². The minimum atomic E-state index is -2.96. The van der Waals surface area contributed by atoms with Crippen molar-refractivity contribution < 1.29 is 13.2 Å². The number of amides is 1. The number of aliphatic imine (C=N–C) groups is 1. The Bertz CT molecular complexity index is 990. The van der Waals surface area contributed by atoms with Gasteiger partial charge in [-0.2, -0.15) is 0 Å². The van der Waals surface area contributed by atoms with Crippen LogP contribution in [0.25, 0.3) is 0 Å². The van der Waals surface area contributed by atoms with Crippen LogP contribution in [0.1, 0.15) is 15.9 Å². The Morgan fingerprint density at radius 1 is 1.11 bits per heavy atom. The van der Waals surface area contributed by atoms with E-state index in [1.807, 2.05) is 42.5 Å². The number of sulfone groups is 1. The van der Waals surface area contributed by atoms with E-state index in [0.717, 1.165) is 11.3 Å². The highest BCUT2D eigenvalue weighted by Crippen LogP contribution is 2.34. The number of anilines is 1. The fourth-order valence-electron chi connectivity index (χ4n) is 3.16. The second kappa shape index (κ2) is 7.36. The Morgan fingerprint density at radius 3 is 2.70 bits per heavy atom. The first-order valence-corrected chi connectivity index (χ1v) is 11.3. The van der Waals surface area contributed by atoms with Crippen LogP contribution in [0.15, 0.2) is 59.6 Å². The maximum absolute atomic E-state index is 12.4. The van der Waals surface area contributed by atoms with Crippen molar-refractivity contribution in [3.05, 3.63) is 65.7 Å². The number of thioether (sulfide) groups is 1. The molecule has 2 heterocycles. The number of nitrogens with zero attached hydrogens (tertiary/aromatic N) is 1. The molecule has 2 aromatic rings. The van der Waals surface area contributed by atoms with Crippen molar-refractivity contribution in [1.82, 2.24) is 5.32 Å². The molecule has 2 aliphatic heterocycles. The summed E-state index contributed by atoms with van der Waals surface area (Å²) in [4.78, 5) is 16.9. The molecule has 1 saturated heterocycles. The minimum absolute atomic E-state index is 0.00477. The second-order valence-corrected chi connectivity index (χ2v) is 9.99. The molecular weight excluding hydrogens is 382 g/mol. The molecule has 2 aliphatic rings. The van der Waals surface area contributed by atoms with E-state index in [2.05, 4.69) is 15.6 Å². The SMILES string of the molecule is O=C(NCc1ccccc1)c1cccc(NC2=NC3CS(=O)(=O)CC3S2)c1. The van der Waals surface area contributed by atoms with E-state index in [9.17, 15) is 13.2 Å². The predicted octanol–water partition coefficient (Wildman–Crippen LogP) is 2.30. The van der Waals surface area contributed by atoms with Gasteiger partial charge in [0.2, 0.25) is 0 Å². The molecule has 2 atom stereocenters. The molecule has 2 unspecified atom stereocenters. The Hall–Kier alpha value is -2.32. The Labute approximate surface area is 162 Å². The monoisotopic (exact) mass is 401 g/mol. The van der Waals surface area contributed by atoms with E-state index in [4.69, 9.17) is 0 Å². The topological polar surface area (TPSA) is 87.6 Å². The van der Waals surface area contributed by atoms with E-state index >= 15 is 0 Å². The van der Waals surface area contributed by atoms with Crippen molar-refractivity contribution in [1.29, 1.82) is 0 Å². The molecule has 0 radical (unpaired) electrons. The lowest BCUT2D eigenvalue weighted by atomic mass is 10.1. The number of fused-ring (bicyclic) bond motifs is 1. The summed E-state index contributed by atoms with van der Waals surface area (Å²) in [5.41, 5.74) is 2.36. The van der Waals surface area contributed by atoms with Crippen molar-refractivity contribution in [2.24, 2.45) is 4.99 Å². The first kappa shape index (κ1) is 18.1. The van der Waals surface area contributed by atoms with Gasteiger partial charge in [0.25, 0.3) is 5.91 Å². The summed E-state index contributed by atoms with van der Waals surface area (Å²) in [5, 5.41) is 6.82. The number of hydrogen-bond acceptors (Lipinski definition) is 6. The maximum atomic E-state index is 12.4. The summed E-state index contributed by atoms with van der Waals surface area (Å²) < 4.78 is 23.3. The van der Waals surface area contributed by atoms with Crippen LogP contribution in [-0.4, -0.2) is 42.3 Å². The zero-order valence-electron chi connectivity index (χ0n) is 14.5. The van der Waals surface area contributed by atoms with Gasteiger partial charge >= 0.3 is 0 Å². The summed E-state index contributed by atoms with van der Waals surface area (Å²) in [7, 11) is -2.96. The van der Waals surface area contributed by atoms with Gasteiger partial charge in [0.15, 0.2) is 15.0 Å². The average molecular weight is 402 g/mol. The lowest BCUT2D eigenvalue weighted by Gasteiger charge is -2.09. The average Bonchev–Trinajstić information content (AvgIpc) is 3.13. The van der Waals surface area contributed by atoms with Crippen LogP contribution in [0.2, 0.25) is 0 Å². The van der Waals surface area contributed by atoms with Crippen LogP contribution < -0.4 is 10.6 Å². The minimum Gasteiger partial charge on any atom is -0.348 e. The number of amidine groups is 1. The van der Waals surface area contributed by atoms with Crippen molar-refractivity contribution in [2.75, 3.05) is 16.8 Å². The molecule has 0 saturated carbocycles. The molecule has 1 amide bonds. The van der Waals surface area contributed by atoms with Crippen LogP contribution >= 0.6 is 11.8 Å². The van der Waals surface area contributed by atoms with Crippen LogP contribution in [0.5, 0.6) is 0 Å². The van der Waals surface area contributed by atoms with Crippen LogP contribution in [0, 0.1) is 0 Å². The van der Waals surface area contributed by atoms with E-state index < -0.39 is 9.84 Å². The Morgan fingerprint density at radius 2 is 1.93 bits per heavy atom. The van der Waals surface area contributed by atoms with Gasteiger partial charge in [0, 0.05) is 23.0 Å². The molecule has 0 aliphatic carbocycles. The highest BCUT2D eigenvalue weighted by Gasteiger charge is 2.42. The summed E-state index contributed by atoms with van der Waals surface area (Å²) in [6.45, 7) is 0.470. The normalized spacial score (nSPS) is 22.7. The van der Waals surface area contributed by atoms with Crippen molar-refractivity contribution in [2.45, 2.75) is 17.8 Å². The first-order valence-electron chi connectivity index (χ1n) is 8.63. The van der Waals surface area contributed by atoms with Crippen molar-refractivity contribution in [3.8, 4) is 0 Å². The fourth-order valence-corrected chi connectivity index (χ4v) is 6.83. The van der Waals surface area contributed by atoms with Gasteiger partial charge in [0.1, 0.15) is 0 Å². The number of rotatable bonds is 4. The zero-order valence-corrected chi connectivity index (χ0v) is 16.1. The van der Waals surface area contributed by atoms with E-state index in [-0.39, 0.29) is 28.7 Å². The molecule has 140 valence electrons. The number of nitrogens with one attached hydrogen (secondary N) is 2. The highest BCUT2D eigenvalue weighted by molar-refractivity contribution is 8.15. The van der Waals surface area contributed by atoms with E-state index in [0.29, 0.717) is 17.3 Å². The smallest absolute Gasteiger partial charge is 0.251 e. The van der Waals surface area contributed by atoms with Gasteiger partial charge in [-0.3, -0.25) is 9.79 Å². The quantitative estimate of drug-likeness (QED) is 0.821. The molecule has 0 bridgehead atoms. The van der Waals surface area contributed by atoms with Gasteiger partial charge in [-0.1, -0.05) is 48.2 Å². The summed E-state index contributed by atoms with van der Waals surface area (Å²) in [5.74, 6) is 0.156. The van der Waals surface area contributed by atoms with Crippen LogP contribution in [0.3, 0.4) is 0 Å². The molecule has 1 fully saturated rings. The number of hydrogen-bond donors (Lipinski definition) is 2. The first-order chi connectivity index (χ1) is 13.0. The maximum Gasteiger partial charge on any atom is 0.251 e. The van der Waals surface area contributed by atoms with Gasteiger partial charge in [0.05, 0.1) is 17.5 Å². The van der Waals surface area contributed by atoms with Gasteiger partial charge in [-0.15, -0.1) is 0 Å².